The number of ether oxygens (including phenoxy) is 2. The Labute approximate surface area is 176 Å². The molecule has 2 fully saturated rings. The number of benzene rings is 1. The van der Waals surface area contributed by atoms with E-state index >= 15 is 0 Å². The van der Waals surface area contributed by atoms with E-state index in [0.29, 0.717) is 6.04 Å². The van der Waals surface area contributed by atoms with E-state index in [1.807, 2.05) is 41.5 Å². The summed E-state index contributed by atoms with van der Waals surface area (Å²) in [7, 11) is 0. The molecule has 0 N–H and O–H groups in total. The molecule has 1 aromatic heterocycles. The van der Waals surface area contributed by atoms with Crippen LogP contribution >= 0.6 is 11.3 Å². The molecule has 7 heteroatoms. The largest absolute Gasteiger partial charge is 0.484 e. The summed E-state index contributed by atoms with van der Waals surface area (Å²) < 4.78 is 11.7. The van der Waals surface area contributed by atoms with E-state index in [4.69, 9.17) is 9.47 Å². The number of thiazole rings is 1. The highest BCUT2D eigenvalue weighted by Crippen LogP contribution is 2.25. The van der Waals surface area contributed by atoms with Gasteiger partial charge in [0, 0.05) is 43.8 Å². The van der Waals surface area contributed by atoms with E-state index in [2.05, 4.69) is 9.88 Å². The van der Waals surface area contributed by atoms with E-state index in [0.717, 1.165) is 68.4 Å². The predicted molar refractivity (Wildman–Crippen MR) is 114 cm³/mol. The Morgan fingerprint density at radius 2 is 1.90 bits per heavy atom. The summed E-state index contributed by atoms with van der Waals surface area (Å²) in [6.07, 6.45) is 6.22. The van der Waals surface area contributed by atoms with Crippen molar-refractivity contribution in [3.63, 3.8) is 0 Å². The third-order valence-electron chi connectivity index (χ3n) is 5.93. The van der Waals surface area contributed by atoms with Crippen LogP contribution in [-0.2, 0) is 4.79 Å². The van der Waals surface area contributed by atoms with Crippen molar-refractivity contribution in [3.05, 3.63) is 41.4 Å². The quantitative estimate of drug-likeness (QED) is 0.724. The van der Waals surface area contributed by atoms with Crippen LogP contribution in [0.4, 0.5) is 0 Å². The van der Waals surface area contributed by atoms with Gasteiger partial charge in [-0.2, -0.15) is 0 Å². The number of piperidine rings is 2. The number of nitrogens with zero attached hydrogens (tertiary/aromatic N) is 3. The highest BCUT2D eigenvalue weighted by molar-refractivity contribution is 7.11. The molecule has 0 aliphatic carbocycles. The Hall–Kier alpha value is -2.12. The topological polar surface area (TPSA) is 54.9 Å². The minimum atomic E-state index is 0.0854. The fourth-order valence-electron chi connectivity index (χ4n) is 4.20. The fraction of sp³-hybridized carbons (Fsp3) is 0.545. The minimum Gasteiger partial charge on any atom is -0.484 e. The number of aryl methyl sites for hydroxylation is 1. The van der Waals surface area contributed by atoms with Crippen molar-refractivity contribution in [2.45, 2.75) is 44.8 Å². The molecule has 29 heavy (non-hydrogen) atoms. The molecule has 0 spiro atoms. The summed E-state index contributed by atoms with van der Waals surface area (Å²) in [6.45, 7) is 5.87. The number of aromatic nitrogens is 1. The molecule has 0 saturated carbocycles. The summed E-state index contributed by atoms with van der Waals surface area (Å²) in [6, 6.07) is 8.39. The molecule has 3 heterocycles. The molecule has 2 aliphatic rings. The van der Waals surface area contributed by atoms with E-state index in [1.54, 1.807) is 17.5 Å². The number of carbonyl (C=O) groups excluding carboxylic acids is 1. The molecule has 4 rings (SSSR count). The highest BCUT2D eigenvalue weighted by atomic mass is 32.1. The number of para-hydroxylation sites is 1. The van der Waals surface area contributed by atoms with Crippen LogP contribution in [-0.4, -0.2) is 65.6 Å². The number of amides is 1. The monoisotopic (exact) mass is 415 g/mol. The number of hydrogen-bond acceptors (Lipinski definition) is 6. The molecule has 2 aromatic rings. The van der Waals surface area contributed by atoms with Gasteiger partial charge in [-0.1, -0.05) is 29.5 Å². The first-order valence-corrected chi connectivity index (χ1v) is 11.3. The lowest BCUT2D eigenvalue weighted by atomic mass is 9.99. The number of carbonyl (C=O) groups is 1. The molecule has 2 aliphatic heterocycles. The summed E-state index contributed by atoms with van der Waals surface area (Å²) in [5.74, 6) is 0.876. The molecule has 0 radical (unpaired) electrons. The van der Waals surface area contributed by atoms with Gasteiger partial charge in [0.2, 0.25) is 0 Å². The Bertz CT molecular complexity index is 782. The first kappa shape index (κ1) is 20.2. The molecular weight excluding hydrogens is 386 g/mol. The van der Waals surface area contributed by atoms with E-state index < -0.39 is 0 Å². The lowest BCUT2D eigenvalue weighted by Gasteiger charge is -2.41. The van der Waals surface area contributed by atoms with Crippen LogP contribution in [0.15, 0.2) is 35.8 Å². The summed E-state index contributed by atoms with van der Waals surface area (Å²) in [5, 5.41) is 2.73. The second-order valence-electron chi connectivity index (χ2n) is 7.82. The smallest absolute Gasteiger partial charge is 0.273 e. The minimum absolute atomic E-state index is 0.0854. The zero-order valence-corrected chi connectivity index (χ0v) is 17.8. The van der Waals surface area contributed by atoms with Crippen LogP contribution in [0.5, 0.6) is 10.9 Å². The number of likely N-dealkylation sites (tertiary alicyclic amines) is 2. The first-order chi connectivity index (χ1) is 14.2. The van der Waals surface area contributed by atoms with Crippen LogP contribution in [0.3, 0.4) is 0 Å². The van der Waals surface area contributed by atoms with E-state index in [-0.39, 0.29) is 18.6 Å². The average molecular weight is 416 g/mol. The van der Waals surface area contributed by atoms with Gasteiger partial charge in [0.1, 0.15) is 11.9 Å². The van der Waals surface area contributed by atoms with E-state index in [9.17, 15) is 4.79 Å². The van der Waals surface area contributed by atoms with Gasteiger partial charge in [0.05, 0.1) is 0 Å². The summed E-state index contributed by atoms with van der Waals surface area (Å²) >= 11 is 1.56. The maximum atomic E-state index is 12.5. The highest BCUT2D eigenvalue weighted by Gasteiger charge is 2.30. The van der Waals surface area contributed by atoms with Crippen LogP contribution in [0.1, 0.15) is 31.2 Å². The SMILES string of the molecule is Cc1ccccc1OCC(=O)N1CCC(N2CCC(Oc3nccs3)CC2)CC1. The van der Waals surface area contributed by atoms with Crippen LogP contribution in [0, 0.1) is 6.92 Å². The molecule has 2 saturated heterocycles. The third kappa shape index (κ3) is 5.28. The van der Waals surface area contributed by atoms with Crippen molar-refractivity contribution < 1.29 is 14.3 Å². The Balaban J connectivity index is 1.18. The fourth-order valence-corrected chi connectivity index (χ4v) is 4.75. The average Bonchev–Trinajstić information content (AvgIpc) is 3.27. The molecule has 0 unspecified atom stereocenters. The van der Waals surface area contributed by atoms with Crippen LogP contribution < -0.4 is 9.47 Å². The van der Waals surface area contributed by atoms with E-state index in [1.165, 1.54) is 0 Å². The van der Waals surface area contributed by atoms with Gasteiger partial charge < -0.3 is 14.4 Å². The maximum absolute atomic E-state index is 12.5. The third-order valence-corrected chi connectivity index (χ3v) is 6.59. The molecule has 6 nitrogen and oxygen atoms in total. The zero-order valence-electron chi connectivity index (χ0n) is 17.0. The summed E-state index contributed by atoms with van der Waals surface area (Å²) in [5.41, 5.74) is 1.06. The molecule has 0 bridgehead atoms. The van der Waals surface area contributed by atoms with Crippen molar-refractivity contribution in [1.29, 1.82) is 0 Å². The molecule has 1 aromatic carbocycles. The van der Waals surface area contributed by atoms with Crippen molar-refractivity contribution in [1.82, 2.24) is 14.8 Å². The molecule has 156 valence electrons. The first-order valence-electron chi connectivity index (χ1n) is 10.5. The summed E-state index contributed by atoms with van der Waals surface area (Å²) in [4.78, 5) is 21.3. The van der Waals surface area contributed by atoms with Crippen molar-refractivity contribution >= 4 is 17.2 Å². The van der Waals surface area contributed by atoms with Gasteiger partial charge in [-0.05, 0) is 44.2 Å². The molecule has 1 amide bonds. The molecule has 0 atom stereocenters. The Morgan fingerprint density at radius 3 is 2.59 bits per heavy atom. The van der Waals surface area contributed by atoms with Gasteiger partial charge >= 0.3 is 0 Å². The Morgan fingerprint density at radius 1 is 1.14 bits per heavy atom. The second-order valence-corrected chi connectivity index (χ2v) is 8.67. The standard InChI is InChI=1S/C22H29N3O3S/c1-17-4-2-3-5-20(17)27-16-21(26)25-11-6-18(7-12-25)24-13-8-19(9-14-24)28-22-23-10-15-29-22/h2-5,10,15,18-19H,6-9,11-14,16H2,1H3. The van der Waals surface area contributed by atoms with Crippen molar-refractivity contribution in [3.8, 4) is 10.9 Å². The van der Waals surface area contributed by atoms with Gasteiger partial charge in [-0.3, -0.25) is 9.69 Å². The van der Waals surface area contributed by atoms with Gasteiger partial charge in [-0.15, -0.1) is 0 Å². The van der Waals surface area contributed by atoms with Gasteiger partial charge in [0.15, 0.2) is 6.61 Å². The van der Waals surface area contributed by atoms with Crippen molar-refractivity contribution in [2.75, 3.05) is 32.8 Å². The maximum Gasteiger partial charge on any atom is 0.273 e. The lowest BCUT2D eigenvalue weighted by molar-refractivity contribution is -0.135. The van der Waals surface area contributed by atoms with Crippen molar-refractivity contribution in [2.24, 2.45) is 0 Å². The normalized spacial score (nSPS) is 19.3. The molecular formula is C22H29N3O3S. The van der Waals surface area contributed by atoms with Gasteiger partial charge in [0.25, 0.3) is 11.1 Å². The van der Waals surface area contributed by atoms with Gasteiger partial charge in [-0.25, -0.2) is 4.98 Å². The predicted octanol–water partition coefficient (Wildman–Crippen LogP) is 3.36. The van der Waals surface area contributed by atoms with Crippen LogP contribution in [0.25, 0.3) is 0 Å². The Kier molecular flexibility index (Phi) is 6.67. The van der Waals surface area contributed by atoms with Crippen LogP contribution in [0.2, 0.25) is 0 Å². The second kappa shape index (κ2) is 9.59. The number of hydrogen-bond donors (Lipinski definition) is 0. The zero-order chi connectivity index (χ0) is 20.1. The lowest BCUT2D eigenvalue weighted by Crippen LogP contribution is -2.50. The number of rotatable bonds is 6.